The van der Waals surface area contributed by atoms with E-state index in [4.69, 9.17) is 0 Å². The molecule has 0 aromatic heterocycles. The summed E-state index contributed by atoms with van der Waals surface area (Å²) in [6, 6.07) is 9.12. The Morgan fingerprint density at radius 3 is 2.38 bits per heavy atom. The van der Waals surface area contributed by atoms with Crippen molar-refractivity contribution in [3.05, 3.63) is 35.9 Å². The van der Waals surface area contributed by atoms with Crippen molar-refractivity contribution in [1.82, 2.24) is 0 Å². The molecule has 2 atom stereocenters. The van der Waals surface area contributed by atoms with Crippen LogP contribution in [-0.4, -0.2) is 15.7 Å². The molecule has 0 amide bonds. The van der Waals surface area contributed by atoms with Crippen LogP contribution >= 0.6 is 15.9 Å². The molecule has 0 saturated heterocycles. The van der Waals surface area contributed by atoms with Crippen LogP contribution in [0, 0.1) is 0 Å². The van der Waals surface area contributed by atoms with Crippen LogP contribution in [0.3, 0.4) is 0 Å². The van der Waals surface area contributed by atoms with Crippen LogP contribution in [0.25, 0.3) is 0 Å². The average Bonchev–Trinajstić information content (AvgIpc) is 2.17. The quantitative estimate of drug-likeness (QED) is 0.825. The molecule has 0 spiro atoms. The number of alkyl halides is 1. The zero-order valence-electron chi connectivity index (χ0n) is 7.27. The van der Waals surface area contributed by atoms with Gasteiger partial charge in [-0.1, -0.05) is 46.3 Å². The third-order valence-corrected chi connectivity index (χ3v) is 2.95. The molecule has 1 N–H and O–H groups in total. The minimum Gasteiger partial charge on any atom is -0.387 e. The van der Waals surface area contributed by atoms with Gasteiger partial charge in [0.25, 0.3) is 0 Å². The summed E-state index contributed by atoms with van der Waals surface area (Å²) in [5.74, 6) is -0.0728. The van der Waals surface area contributed by atoms with Crippen LogP contribution in [0.1, 0.15) is 18.6 Å². The van der Waals surface area contributed by atoms with E-state index in [1.165, 1.54) is 6.92 Å². The highest BCUT2D eigenvalue weighted by Crippen LogP contribution is 2.22. The van der Waals surface area contributed by atoms with Crippen LogP contribution in [0.15, 0.2) is 30.3 Å². The molecule has 2 nitrogen and oxygen atoms in total. The van der Waals surface area contributed by atoms with Gasteiger partial charge in [-0.15, -0.1) is 0 Å². The number of aliphatic hydroxyl groups excluding tert-OH is 1. The molecule has 0 aliphatic carbocycles. The molecule has 3 heteroatoms. The highest BCUT2D eigenvalue weighted by atomic mass is 79.9. The highest BCUT2D eigenvalue weighted by Gasteiger charge is 2.21. The molecule has 0 unspecified atom stereocenters. The Bertz CT molecular complexity index is 284. The summed E-state index contributed by atoms with van der Waals surface area (Å²) in [6.07, 6.45) is -0.765. The summed E-state index contributed by atoms with van der Waals surface area (Å²) in [7, 11) is 0. The first kappa shape index (κ1) is 10.4. The molecular formula is C10H11BrO2. The second-order valence-corrected chi connectivity index (χ2v) is 3.85. The van der Waals surface area contributed by atoms with E-state index in [0.29, 0.717) is 0 Å². The summed E-state index contributed by atoms with van der Waals surface area (Å²) < 4.78 is 0. The lowest BCUT2D eigenvalue weighted by Gasteiger charge is -2.14. The maximum Gasteiger partial charge on any atom is 0.146 e. The second kappa shape index (κ2) is 4.53. The molecule has 0 bridgehead atoms. The fourth-order valence-corrected chi connectivity index (χ4v) is 1.35. The average molecular weight is 243 g/mol. The Morgan fingerprint density at radius 2 is 1.92 bits per heavy atom. The minimum atomic E-state index is -0.765. The van der Waals surface area contributed by atoms with Crippen LogP contribution < -0.4 is 0 Å². The van der Waals surface area contributed by atoms with Gasteiger partial charge in [-0.25, -0.2) is 0 Å². The number of rotatable bonds is 3. The molecule has 1 rings (SSSR count). The molecule has 0 heterocycles. The van der Waals surface area contributed by atoms with Crippen molar-refractivity contribution in [2.24, 2.45) is 0 Å². The monoisotopic (exact) mass is 242 g/mol. The third-order valence-electron chi connectivity index (χ3n) is 1.81. The summed E-state index contributed by atoms with van der Waals surface area (Å²) >= 11 is 3.14. The molecule has 0 aliphatic rings. The fraction of sp³-hybridized carbons (Fsp3) is 0.300. The Balaban J connectivity index is 2.79. The van der Waals surface area contributed by atoms with Crippen molar-refractivity contribution in [3.8, 4) is 0 Å². The maximum atomic E-state index is 11.0. The summed E-state index contributed by atoms with van der Waals surface area (Å²) in [4.78, 5) is 10.4. The van der Waals surface area contributed by atoms with Crippen molar-refractivity contribution in [2.45, 2.75) is 17.9 Å². The van der Waals surface area contributed by atoms with E-state index >= 15 is 0 Å². The van der Waals surface area contributed by atoms with E-state index in [1.54, 1.807) is 12.1 Å². The topological polar surface area (TPSA) is 37.3 Å². The summed E-state index contributed by atoms with van der Waals surface area (Å²) in [5, 5.41) is 9.69. The number of aliphatic hydroxyl groups is 1. The van der Waals surface area contributed by atoms with Crippen molar-refractivity contribution in [3.63, 3.8) is 0 Å². The largest absolute Gasteiger partial charge is 0.387 e. The van der Waals surface area contributed by atoms with Gasteiger partial charge in [0.15, 0.2) is 0 Å². The minimum absolute atomic E-state index is 0.0728. The molecule has 13 heavy (non-hydrogen) atoms. The smallest absolute Gasteiger partial charge is 0.146 e. The van der Waals surface area contributed by atoms with Gasteiger partial charge in [-0.05, 0) is 12.5 Å². The third kappa shape index (κ3) is 2.64. The van der Waals surface area contributed by atoms with Gasteiger partial charge in [-0.3, -0.25) is 4.79 Å². The Hall–Kier alpha value is -0.670. The lowest BCUT2D eigenvalue weighted by Crippen LogP contribution is -2.19. The van der Waals surface area contributed by atoms with Crippen LogP contribution in [-0.2, 0) is 4.79 Å². The maximum absolute atomic E-state index is 11.0. The summed E-state index contributed by atoms with van der Waals surface area (Å²) in [5.41, 5.74) is 0.750. The highest BCUT2D eigenvalue weighted by molar-refractivity contribution is 9.10. The van der Waals surface area contributed by atoms with Gasteiger partial charge in [0.1, 0.15) is 10.6 Å². The molecule has 0 aliphatic heterocycles. The van der Waals surface area contributed by atoms with Crippen molar-refractivity contribution >= 4 is 21.7 Å². The van der Waals surface area contributed by atoms with Gasteiger partial charge in [0.2, 0.25) is 0 Å². The lowest BCUT2D eigenvalue weighted by molar-refractivity contribution is -0.118. The molecule has 70 valence electrons. The first-order valence-electron chi connectivity index (χ1n) is 4.00. The zero-order valence-corrected chi connectivity index (χ0v) is 8.86. The predicted octanol–water partition coefficient (Wildman–Crippen LogP) is 2.07. The van der Waals surface area contributed by atoms with Gasteiger partial charge >= 0.3 is 0 Å². The second-order valence-electron chi connectivity index (χ2n) is 2.87. The number of carbonyl (C=O) groups excluding carboxylic acids is 1. The van der Waals surface area contributed by atoms with E-state index in [9.17, 15) is 9.90 Å². The van der Waals surface area contributed by atoms with E-state index in [-0.39, 0.29) is 5.78 Å². The Kier molecular flexibility index (Phi) is 3.63. The predicted molar refractivity (Wildman–Crippen MR) is 54.8 cm³/mol. The number of benzene rings is 1. The first-order chi connectivity index (χ1) is 6.13. The van der Waals surface area contributed by atoms with Crippen molar-refractivity contribution in [2.75, 3.05) is 0 Å². The number of halogens is 1. The molecule has 0 fully saturated rings. The lowest BCUT2D eigenvalue weighted by atomic mass is 10.1. The number of ketones is 1. The van der Waals surface area contributed by atoms with Gasteiger partial charge < -0.3 is 5.11 Å². The molecule has 1 aromatic rings. The molecular weight excluding hydrogens is 232 g/mol. The van der Waals surface area contributed by atoms with Crippen molar-refractivity contribution in [1.29, 1.82) is 0 Å². The van der Waals surface area contributed by atoms with E-state index in [1.807, 2.05) is 18.2 Å². The van der Waals surface area contributed by atoms with E-state index in [0.717, 1.165) is 5.56 Å². The van der Waals surface area contributed by atoms with Crippen LogP contribution in [0.5, 0.6) is 0 Å². The molecule has 0 radical (unpaired) electrons. The number of Topliss-reactive ketones (excluding diaryl/α,β-unsaturated/α-hetero) is 1. The van der Waals surface area contributed by atoms with E-state index in [2.05, 4.69) is 15.9 Å². The number of hydrogen-bond donors (Lipinski definition) is 1. The molecule has 1 aromatic carbocycles. The fourth-order valence-electron chi connectivity index (χ4n) is 1.04. The van der Waals surface area contributed by atoms with Crippen molar-refractivity contribution < 1.29 is 9.90 Å². The summed E-state index contributed by atoms with van der Waals surface area (Å²) in [6.45, 7) is 1.45. The standard InChI is InChI=1S/C10H11BrO2/c1-7(12)9(11)10(13)8-5-3-2-4-6-8/h2-6,9-10,13H,1H3/t9-,10+/m1/s1. The Labute approximate surface area is 85.7 Å². The first-order valence-corrected chi connectivity index (χ1v) is 4.92. The van der Waals surface area contributed by atoms with Gasteiger partial charge in [-0.2, -0.15) is 0 Å². The van der Waals surface area contributed by atoms with Crippen LogP contribution in [0.2, 0.25) is 0 Å². The number of carbonyl (C=O) groups is 1. The Morgan fingerprint density at radius 1 is 1.38 bits per heavy atom. The molecule has 0 saturated carbocycles. The number of hydrogen-bond acceptors (Lipinski definition) is 2. The van der Waals surface area contributed by atoms with E-state index < -0.39 is 10.9 Å². The van der Waals surface area contributed by atoms with Gasteiger partial charge in [0.05, 0.1) is 6.10 Å². The zero-order chi connectivity index (χ0) is 9.84. The normalized spacial score (nSPS) is 15.0. The van der Waals surface area contributed by atoms with Gasteiger partial charge in [0, 0.05) is 0 Å². The SMILES string of the molecule is CC(=O)[C@@H](Br)[C@@H](O)c1ccccc1. The van der Waals surface area contributed by atoms with Crippen LogP contribution in [0.4, 0.5) is 0 Å².